The van der Waals surface area contributed by atoms with E-state index in [0.717, 1.165) is 17.7 Å². The van der Waals surface area contributed by atoms with Gasteiger partial charge in [0.05, 0.1) is 10.6 Å². The lowest BCUT2D eigenvalue weighted by Crippen LogP contribution is -2.24. The average molecular weight is 430 g/mol. The Labute approximate surface area is 175 Å². The number of amides is 1. The predicted molar refractivity (Wildman–Crippen MR) is 117 cm³/mol. The normalized spacial score (nSPS) is 11.4. The monoisotopic (exact) mass is 429 g/mol. The van der Waals surface area contributed by atoms with Crippen molar-refractivity contribution in [2.75, 3.05) is 11.9 Å². The van der Waals surface area contributed by atoms with Gasteiger partial charge in [-0.1, -0.05) is 44.2 Å². The molecule has 29 heavy (non-hydrogen) atoms. The Morgan fingerprint density at radius 1 is 1.10 bits per heavy atom. The number of nitrogens with zero attached hydrogens (tertiary/aromatic N) is 1. The van der Waals surface area contributed by atoms with Gasteiger partial charge in [0.1, 0.15) is 0 Å². The number of thiazole rings is 1. The fourth-order valence-electron chi connectivity index (χ4n) is 2.83. The maximum absolute atomic E-state index is 12.7. The maximum Gasteiger partial charge on any atom is 0.257 e. The second kappa shape index (κ2) is 8.86. The molecule has 6 nitrogen and oxygen atoms in total. The van der Waals surface area contributed by atoms with Crippen molar-refractivity contribution in [3.63, 3.8) is 0 Å². The molecule has 1 amide bonds. The summed E-state index contributed by atoms with van der Waals surface area (Å²) in [4.78, 5) is 17.3. The summed E-state index contributed by atoms with van der Waals surface area (Å²) in [6.07, 6.45) is 0.973. The van der Waals surface area contributed by atoms with E-state index in [2.05, 4.69) is 34.1 Å². The first-order valence-corrected chi connectivity index (χ1v) is 11.7. The van der Waals surface area contributed by atoms with Crippen LogP contribution in [0.3, 0.4) is 0 Å². The molecule has 2 N–H and O–H groups in total. The van der Waals surface area contributed by atoms with E-state index in [4.69, 9.17) is 0 Å². The highest BCUT2D eigenvalue weighted by atomic mass is 32.2. The smallest absolute Gasteiger partial charge is 0.257 e. The molecule has 8 heteroatoms. The van der Waals surface area contributed by atoms with Gasteiger partial charge in [-0.3, -0.25) is 10.1 Å². The first-order valence-electron chi connectivity index (χ1n) is 9.30. The predicted octanol–water partition coefficient (Wildman–Crippen LogP) is 4.23. The minimum Gasteiger partial charge on any atom is -0.298 e. The van der Waals surface area contributed by atoms with E-state index >= 15 is 0 Å². The lowest BCUT2D eigenvalue weighted by atomic mass is 10.1. The van der Waals surface area contributed by atoms with Gasteiger partial charge in [-0.25, -0.2) is 18.1 Å². The zero-order valence-corrected chi connectivity index (χ0v) is 18.2. The van der Waals surface area contributed by atoms with E-state index in [1.807, 2.05) is 17.5 Å². The Hall–Kier alpha value is -2.55. The fraction of sp³-hybridized carbons (Fsp3) is 0.238. The number of hydrogen-bond acceptors (Lipinski definition) is 5. The number of benzene rings is 2. The molecule has 1 aromatic heterocycles. The first-order chi connectivity index (χ1) is 13.8. The lowest BCUT2D eigenvalue weighted by molar-refractivity contribution is 0.102. The third-order valence-electron chi connectivity index (χ3n) is 4.48. The molecule has 0 atom stereocenters. The molecule has 3 rings (SSSR count). The summed E-state index contributed by atoms with van der Waals surface area (Å²) < 4.78 is 26.9. The lowest BCUT2D eigenvalue weighted by Gasteiger charge is -2.09. The topological polar surface area (TPSA) is 88.2 Å². The van der Waals surface area contributed by atoms with Gasteiger partial charge in [-0.05, 0) is 36.6 Å². The van der Waals surface area contributed by atoms with Crippen LogP contribution in [0.25, 0.3) is 11.3 Å². The van der Waals surface area contributed by atoms with Crippen molar-refractivity contribution in [3.05, 3.63) is 64.5 Å². The number of sulfonamides is 1. The minimum absolute atomic E-state index is 0.0611. The van der Waals surface area contributed by atoms with Crippen LogP contribution in [0.1, 0.15) is 35.3 Å². The van der Waals surface area contributed by atoms with Crippen LogP contribution in [0, 0.1) is 6.92 Å². The van der Waals surface area contributed by atoms with E-state index in [1.54, 1.807) is 19.9 Å². The molecule has 0 saturated heterocycles. The molecule has 1 heterocycles. The van der Waals surface area contributed by atoms with Crippen LogP contribution < -0.4 is 10.0 Å². The number of nitrogens with one attached hydrogen (secondary N) is 2. The third-order valence-corrected chi connectivity index (χ3v) is 6.78. The first kappa shape index (κ1) is 21.2. The molecule has 0 aliphatic heterocycles. The van der Waals surface area contributed by atoms with Gasteiger partial charge < -0.3 is 0 Å². The van der Waals surface area contributed by atoms with Crippen LogP contribution in [0.5, 0.6) is 0 Å². The van der Waals surface area contributed by atoms with Crippen LogP contribution >= 0.6 is 11.3 Å². The number of carbonyl (C=O) groups is 1. The molecular formula is C21H23N3O3S2. The van der Waals surface area contributed by atoms with Crippen molar-refractivity contribution >= 4 is 32.4 Å². The van der Waals surface area contributed by atoms with Gasteiger partial charge >= 0.3 is 0 Å². The fourth-order valence-corrected chi connectivity index (χ4v) is 4.61. The highest BCUT2D eigenvalue weighted by Gasteiger charge is 2.18. The number of anilines is 1. The summed E-state index contributed by atoms with van der Waals surface area (Å²) in [6, 6.07) is 12.7. The second-order valence-corrected chi connectivity index (χ2v) is 9.15. The average Bonchev–Trinajstić information content (AvgIpc) is 3.16. The summed E-state index contributed by atoms with van der Waals surface area (Å²) in [7, 11) is -3.64. The van der Waals surface area contributed by atoms with Gasteiger partial charge in [-0.15, -0.1) is 11.3 Å². The van der Waals surface area contributed by atoms with E-state index in [0.29, 0.717) is 16.3 Å². The van der Waals surface area contributed by atoms with Crippen LogP contribution in [0.15, 0.2) is 52.7 Å². The zero-order valence-electron chi connectivity index (χ0n) is 16.5. The van der Waals surface area contributed by atoms with Crippen LogP contribution in [0.2, 0.25) is 0 Å². The number of aromatic nitrogens is 1. The Bertz CT molecular complexity index is 1120. The highest BCUT2D eigenvalue weighted by molar-refractivity contribution is 7.89. The number of carbonyl (C=O) groups excluding carboxylic acids is 1. The van der Waals surface area contributed by atoms with E-state index < -0.39 is 15.9 Å². The van der Waals surface area contributed by atoms with Crippen molar-refractivity contribution in [3.8, 4) is 11.3 Å². The van der Waals surface area contributed by atoms with Crippen LogP contribution in [-0.4, -0.2) is 25.9 Å². The molecule has 3 aromatic rings. The van der Waals surface area contributed by atoms with Gasteiger partial charge in [0, 0.05) is 23.1 Å². The summed E-state index contributed by atoms with van der Waals surface area (Å²) in [5.41, 5.74) is 4.00. The van der Waals surface area contributed by atoms with Crippen LogP contribution in [-0.2, 0) is 16.4 Å². The molecule has 0 unspecified atom stereocenters. The largest absolute Gasteiger partial charge is 0.298 e. The minimum atomic E-state index is -3.64. The van der Waals surface area contributed by atoms with Crippen molar-refractivity contribution < 1.29 is 13.2 Å². The third kappa shape index (κ3) is 4.90. The summed E-state index contributed by atoms with van der Waals surface area (Å²) in [5.74, 6) is -0.390. The standard InChI is InChI=1S/C21H23N3O3S2/c1-4-15-7-9-16(10-8-15)19-13-28-21(23-19)24-20(25)18-12-17(11-6-14(18)3)29(26,27)22-5-2/h6-13,22H,4-5H2,1-3H3,(H,23,24,25). The number of rotatable bonds is 7. The summed E-state index contributed by atoms with van der Waals surface area (Å²) in [6.45, 7) is 5.85. The Morgan fingerprint density at radius 2 is 1.83 bits per heavy atom. The molecule has 0 bridgehead atoms. The zero-order chi connectivity index (χ0) is 21.0. The quantitative estimate of drug-likeness (QED) is 0.588. The van der Waals surface area contributed by atoms with Gasteiger partial charge in [0.2, 0.25) is 10.0 Å². The summed E-state index contributed by atoms with van der Waals surface area (Å²) in [5, 5.41) is 5.12. The molecule has 0 saturated carbocycles. The van der Waals surface area contributed by atoms with Crippen molar-refractivity contribution in [1.29, 1.82) is 0 Å². The SMILES string of the molecule is CCNS(=O)(=O)c1ccc(C)c(C(=O)Nc2nc(-c3ccc(CC)cc3)cs2)c1. The van der Waals surface area contributed by atoms with Crippen molar-refractivity contribution in [2.45, 2.75) is 32.1 Å². The molecule has 2 aromatic carbocycles. The number of hydrogen-bond donors (Lipinski definition) is 2. The Morgan fingerprint density at radius 3 is 2.48 bits per heavy atom. The highest BCUT2D eigenvalue weighted by Crippen LogP contribution is 2.26. The maximum atomic E-state index is 12.7. The molecule has 152 valence electrons. The second-order valence-electron chi connectivity index (χ2n) is 6.52. The molecule has 0 fully saturated rings. The van der Waals surface area contributed by atoms with E-state index in [9.17, 15) is 13.2 Å². The molecule has 0 radical (unpaired) electrons. The molecule has 0 spiro atoms. The van der Waals surface area contributed by atoms with Crippen molar-refractivity contribution in [2.24, 2.45) is 0 Å². The van der Waals surface area contributed by atoms with Crippen molar-refractivity contribution in [1.82, 2.24) is 9.71 Å². The van der Waals surface area contributed by atoms with E-state index in [-0.39, 0.29) is 11.4 Å². The molecule has 0 aliphatic rings. The van der Waals surface area contributed by atoms with Gasteiger partial charge in [0.25, 0.3) is 5.91 Å². The Kier molecular flexibility index (Phi) is 6.46. The number of aryl methyl sites for hydroxylation is 2. The van der Waals surface area contributed by atoms with E-state index in [1.165, 1.54) is 29.0 Å². The Balaban J connectivity index is 1.81. The van der Waals surface area contributed by atoms with Gasteiger partial charge in [-0.2, -0.15) is 0 Å². The molecular weight excluding hydrogens is 406 g/mol. The molecule has 0 aliphatic carbocycles. The van der Waals surface area contributed by atoms with Gasteiger partial charge in [0.15, 0.2) is 5.13 Å². The van der Waals surface area contributed by atoms with Crippen LogP contribution in [0.4, 0.5) is 5.13 Å². The summed E-state index contributed by atoms with van der Waals surface area (Å²) >= 11 is 1.33.